The zero-order valence-electron chi connectivity index (χ0n) is 18.9. The number of aryl methyl sites for hydroxylation is 1. The zero-order chi connectivity index (χ0) is 25.2. The summed E-state index contributed by atoms with van der Waals surface area (Å²) in [7, 11) is -4.39. The van der Waals surface area contributed by atoms with Crippen LogP contribution in [-0.4, -0.2) is 40.5 Å². The first-order chi connectivity index (χ1) is 16.7. The van der Waals surface area contributed by atoms with Gasteiger partial charge in [0.2, 0.25) is 0 Å². The van der Waals surface area contributed by atoms with Gasteiger partial charge >= 0.3 is 0 Å². The SMILES string of the molecule is Cc1nn(-c2ccccc2)c(N=Nc2c(NCC(C)O)ccc3cc(S(=O)(=O)O)ccc23)c1C#N. The molecule has 1 unspecified atom stereocenters. The van der Waals surface area contributed by atoms with Crippen molar-refractivity contribution in [2.24, 2.45) is 10.2 Å². The van der Waals surface area contributed by atoms with Crippen molar-refractivity contribution in [2.75, 3.05) is 11.9 Å². The van der Waals surface area contributed by atoms with Gasteiger partial charge in [0.15, 0.2) is 5.82 Å². The van der Waals surface area contributed by atoms with Crippen molar-refractivity contribution < 1.29 is 18.1 Å². The highest BCUT2D eigenvalue weighted by Crippen LogP contribution is 2.37. The molecule has 10 nitrogen and oxygen atoms in total. The number of azo groups is 1. The van der Waals surface area contributed by atoms with Gasteiger partial charge in [0.1, 0.15) is 17.3 Å². The number of rotatable bonds is 7. The average Bonchev–Trinajstić information content (AvgIpc) is 3.16. The molecule has 1 aromatic heterocycles. The van der Waals surface area contributed by atoms with Crippen molar-refractivity contribution in [2.45, 2.75) is 24.8 Å². The molecule has 0 spiro atoms. The Morgan fingerprint density at radius 1 is 1.14 bits per heavy atom. The van der Waals surface area contributed by atoms with Crippen LogP contribution >= 0.6 is 0 Å². The Morgan fingerprint density at radius 3 is 2.54 bits per heavy atom. The molecule has 35 heavy (non-hydrogen) atoms. The van der Waals surface area contributed by atoms with Crippen LogP contribution in [0.5, 0.6) is 0 Å². The molecule has 4 aromatic rings. The first-order valence-electron chi connectivity index (χ1n) is 10.6. The molecule has 0 radical (unpaired) electrons. The van der Waals surface area contributed by atoms with Gasteiger partial charge in [0, 0.05) is 11.9 Å². The molecule has 3 aromatic carbocycles. The molecule has 4 rings (SSSR count). The van der Waals surface area contributed by atoms with E-state index in [9.17, 15) is 23.3 Å². The van der Waals surface area contributed by atoms with Gasteiger partial charge in [-0.25, -0.2) is 4.68 Å². The van der Waals surface area contributed by atoms with Crippen LogP contribution in [0.4, 0.5) is 17.2 Å². The Kier molecular flexibility index (Phi) is 6.61. The van der Waals surface area contributed by atoms with Crippen molar-refractivity contribution in [1.82, 2.24) is 9.78 Å². The fourth-order valence-electron chi connectivity index (χ4n) is 3.54. The van der Waals surface area contributed by atoms with Crippen LogP contribution in [0.2, 0.25) is 0 Å². The number of nitrogens with zero attached hydrogens (tertiary/aromatic N) is 5. The third kappa shape index (κ3) is 5.04. The molecule has 0 saturated carbocycles. The van der Waals surface area contributed by atoms with Crippen LogP contribution < -0.4 is 5.32 Å². The summed E-state index contributed by atoms with van der Waals surface area (Å²) < 4.78 is 34.1. The Morgan fingerprint density at radius 2 is 1.89 bits per heavy atom. The van der Waals surface area contributed by atoms with Gasteiger partial charge < -0.3 is 10.4 Å². The highest BCUT2D eigenvalue weighted by Gasteiger charge is 2.18. The number of nitrogens with one attached hydrogen (secondary N) is 1. The van der Waals surface area contributed by atoms with Crippen molar-refractivity contribution in [3.63, 3.8) is 0 Å². The number of aromatic nitrogens is 2. The fraction of sp³-hybridized carbons (Fsp3) is 0.167. The fourth-order valence-corrected chi connectivity index (χ4v) is 4.06. The predicted octanol–water partition coefficient (Wildman–Crippen LogP) is 4.66. The highest BCUT2D eigenvalue weighted by atomic mass is 32.2. The Hall–Kier alpha value is -4.11. The summed E-state index contributed by atoms with van der Waals surface area (Å²) in [5, 5.41) is 36.9. The van der Waals surface area contributed by atoms with Gasteiger partial charge in [0.05, 0.1) is 28.1 Å². The van der Waals surface area contributed by atoms with Gasteiger partial charge in [-0.05, 0) is 49.6 Å². The molecule has 0 bridgehead atoms. The van der Waals surface area contributed by atoms with E-state index < -0.39 is 16.2 Å². The number of benzene rings is 3. The second-order valence-corrected chi connectivity index (χ2v) is 9.31. The smallest absolute Gasteiger partial charge is 0.294 e. The summed E-state index contributed by atoms with van der Waals surface area (Å²) in [4.78, 5) is -0.248. The van der Waals surface area contributed by atoms with Crippen LogP contribution in [0, 0.1) is 18.3 Å². The maximum Gasteiger partial charge on any atom is 0.294 e. The largest absolute Gasteiger partial charge is 0.392 e. The minimum absolute atomic E-state index is 0.238. The quantitative estimate of drug-likeness (QED) is 0.251. The molecule has 0 fully saturated rings. The number of para-hydroxylation sites is 1. The number of fused-ring (bicyclic) bond motifs is 1. The normalized spacial score (nSPS) is 12.7. The summed E-state index contributed by atoms with van der Waals surface area (Å²) in [6.45, 7) is 3.58. The summed E-state index contributed by atoms with van der Waals surface area (Å²) in [5.41, 5.74) is 2.38. The van der Waals surface area contributed by atoms with E-state index >= 15 is 0 Å². The molecule has 0 aliphatic rings. The van der Waals surface area contributed by atoms with Crippen LogP contribution in [0.25, 0.3) is 16.5 Å². The molecule has 1 atom stereocenters. The summed E-state index contributed by atoms with van der Waals surface area (Å²) in [6, 6.07) is 18.8. The monoisotopic (exact) mass is 490 g/mol. The predicted molar refractivity (Wildman–Crippen MR) is 131 cm³/mol. The van der Waals surface area contributed by atoms with Crippen LogP contribution in [0.1, 0.15) is 18.2 Å². The summed E-state index contributed by atoms with van der Waals surface area (Å²) in [6.07, 6.45) is -0.634. The van der Waals surface area contributed by atoms with E-state index in [2.05, 4.69) is 26.7 Å². The van der Waals surface area contributed by atoms with Crippen molar-refractivity contribution in [1.29, 1.82) is 5.26 Å². The lowest BCUT2D eigenvalue weighted by atomic mass is 10.1. The highest BCUT2D eigenvalue weighted by molar-refractivity contribution is 7.85. The molecule has 0 amide bonds. The Labute approximate surface area is 201 Å². The minimum Gasteiger partial charge on any atom is -0.392 e. The molecule has 178 valence electrons. The molecule has 0 saturated heterocycles. The maximum atomic E-state index is 11.6. The van der Waals surface area contributed by atoms with E-state index in [-0.39, 0.29) is 22.8 Å². The lowest BCUT2D eigenvalue weighted by Gasteiger charge is -2.13. The Balaban J connectivity index is 1.90. The standard InChI is InChI=1S/C24H22N6O4S/c1-15(31)14-26-22-11-8-17-12-19(35(32,33)34)9-10-20(17)23(22)27-28-24-21(13-25)16(2)29-30(24)18-6-4-3-5-7-18/h3-12,15,26,31H,14H2,1-2H3,(H,32,33,34). The second-order valence-electron chi connectivity index (χ2n) is 7.89. The minimum atomic E-state index is -4.39. The summed E-state index contributed by atoms with van der Waals surface area (Å²) >= 11 is 0. The lowest BCUT2D eigenvalue weighted by molar-refractivity contribution is 0.208. The molecular weight excluding hydrogens is 468 g/mol. The van der Waals surface area contributed by atoms with Crippen LogP contribution in [-0.2, 0) is 10.1 Å². The van der Waals surface area contributed by atoms with Crippen molar-refractivity contribution in [3.05, 3.63) is 71.9 Å². The number of aliphatic hydroxyl groups is 1. The van der Waals surface area contributed by atoms with E-state index in [0.29, 0.717) is 33.5 Å². The van der Waals surface area contributed by atoms with E-state index in [1.807, 2.05) is 30.3 Å². The molecule has 0 aliphatic carbocycles. The van der Waals surface area contributed by atoms with E-state index in [1.54, 1.807) is 26.0 Å². The first kappa shape index (κ1) is 24.0. The van der Waals surface area contributed by atoms with Crippen molar-refractivity contribution in [3.8, 4) is 11.8 Å². The maximum absolute atomic E-state index is 11.6. The van der Waals surface area contributed by atoms with Crippen molar-refractivity contribution >= 4 is 38.1 Å². The first-order valence-corrected chi connectivity index (χ1v) is 12.1. The van der Waals surface area contributed by atoms with Gasteiger partial charge in [-0.2, -0.15) is 18.8 Å². The van der Waals surface area contributed by atoms with Crippen LogP contribution in [0.15, 0.2) is 75.8 Å². The van der Waals surface area contributed by atoms with Gasteiger partial charge in [0.25, 0.3) is 10.1 Å². The number of hydrogen-bond acceptors (Lipinski definition) is 8. The van der Waals surface area contributed by atoms with E-state index in [0.717, 1.165) is 0 Å². The zero-order valence-corrected chi connectivity index (χ0v) is 19.7. The molecule has 0 aliphatic heterocycles. The Bertz CT molecular complexity index is 1570. The second kappa shape index (κ2) is 9.63. The van der Waals surface area contributed by atoms with E-state index in [4.69, 9.17) is 0 Å². The number of nitriles is 1. The topological polar surface area (TPSA) is 153 Å². The molecule has 11 heteroatoms. The third-order valence-corrected chi connectivity index (χ3v) is 6.09. The van der Waals surface area contributed by atoms with Gasteiger partial charge in [-0.1, -0.05) is 30.3 Å². The summed E-state index contributed by atoms with van der Waals surface area (Å²) in [5.74, 6) is 0.240. The molecule has 1 heterocycles. The van der Waals surface area contributed by atoms with Gasteiger partial charge in [-0.3, -0.25) is 4.55 Å². The number of aliphatic hydroxyl groups excluding tert-OH is 1. The number of hydrogen-bond donors (Lipinski definition) is 3. The van der Waals surface area contributed by atoms with E-state index in [1.165, 1.54) is 22.9 Å². The lowest BCUT2D eigenvalue weighted by Crippen LogP contribution is -2.15. The third-order valence-electron chi connectivity index (χ3n) is 5.24. The van der Waals surface area contributed by atoms with Gasteiger partial charge in [-0.15, -0.1) is 10.2 Å². The molecule has 3 N–H and O–H groups in total. The van der Waals surface area contributed by atoms with Crippen LogP contribution in [0.3, 0.4) is 0 Å². The number of anilines is 1. The molecular formula is C24H22N6O4S. The average molecular weight is 491 g/mol.